The van der Waals surface area contributed by atoms with E-state index in [1.54, 1.807) is 37.3 Å². The average molecular weight is 391 g/mol. The van der Waals surface area contributed by atoms with Crippen LogP contribution >= 0.6 is 0 Å². The fraction of sp³-hybridized carbons (Fsp3) is 0.350. The van der Waals surface area contributed by atoms with E-state index in [2.05, 4.69) is 5.32 Å². The number of benzene rings is 2. The largest absolute Gasteiger partial charge is 0.494 e. The molecule has 6 nitrogen and oxygen atoms in total. The Balaban J connectivity index is 2.15. The second-order valence-electron chi connectivity index (χ2n) is 6.30. The lowest BCUT2D eigenvalue weighted by Gasteiger charge is -2.29. The van der Waals surface area contributed by atoms with Gasteiger partial charge in [-0.2, -0.15) is 0 Å². The van der Waals surface area contributed by atoms with Crippen molar-refractivity contribution in [2.24, 2.45) is 0 Å². The summed E-state index contributed by atoms with van der Waals surface area (Å²) in [5.41, 5.74) is 1.36. The number of nitrogens with zero attached hydrogens (tertiary/aromatic N) is 1. The smallest absolute Gasteiger partial charge is 0.244 e. The number of nitrogens with one attached hydrogen (secondary N) is 1. The van der Waals surface area contributed by atoms with Crippen molar-refractivity contribution < 1.29 is 17.9 Å². The second kappa shape index (κ2) is 8.90. The van der Waals surface area contributed by atoms with Crippen LogP contribution in [-0.4, -0.2) is 33.2 Å². The van der Waals surface area contributed by atoms with Crippen molar-refractivity contribution in [2.45, 2.75) is 32.9 Å². The molecule has 0 heterocycles. The van der Waals surface area contributed by atoms with Gasteiger partial charge in [-0.1, -0.05) is 30.3 Å². The van der Waals surface area contributed by atoms with Crippen LogP contribution in [0.15, 0.2) is 54.6 Å². The Labute approximate surface area is 161 Å². The molecule has 0 aromatic heterocycles. The number of amides is 1. The van der Waals surface area contributed by atoms with Gasteiger partial charge in [0.05, 0.1) is 24.6 Å². The average Bonchev–Trinajstić information content (AvgIpc) is 2.62. The molecule has 146 valence electrons. The summed E-state index contributed by atoms with van der Waals surface area (Å²) < 4.78 is 31.1. The first-order valence-corrected chi connectivity index (χ1v) is 10.7. The first-order chi connectivity index (χ1) is 12.7. The number of sulfonamides is 1. The number of para-hydroxylation sites is 1. The molecule has 1 N–H and O–H groups in total. The Morgan fingerprint density at radius 1 is 1.07 bits per heavy atom. The molecule has 2 aromatic rings. The van der Waals surface area contributed by atoms with Gasteiger partial charge in [0, 0.05) is 0 Å². The third-order valence-corrected chi connectivity index (χ3v) is 5.39. The number of anilines is 1. The van der Waals surface area contributed by atoms with Gasteiger partial charge in [-0.05, 0) is 50.6 Å². The highest BCUT2D eigenvalue weighted by atomic mass is 32.2. The summed E-state index contributed by atoms with van der Waals surface area (Å²) >= 11 is 0. The van der Waals surface area contributed by atoms with Crippen LogP contribution in [0.25, 0.3) is 0 Å². The van der Waals surface area contributed by atoms with Gasteiger partial charge in [0.25, 0.3) is 0 Å². The maximum absolute atomic E-state index is 12.7. The number of rotatable bonds is 8. The molecule has 0 spiro atoms. The molecular formula is C20H26N2O4S. The van der Waals surface area contributed by atoms with Crippen molar-refractivity contribution in [2.75, 3.05) is 17.2 Å². The van der Waals surface area contributed by atoms with Crippen molar-refractivity contribution >= 4 is 21.6 Å². The van der Waals surface area contributed by atoms with E-state index in [1.807, 2.05) is 38.1 Å². The predicted molar refractivity (Wildman–Crippen MR) is 107 cm³/mol. The van der Waals surface area contributed by atoms with Crippen LogP contribution in [0.4, 0.5) is 5.69 Å². The monoisotopic (exact) mass is 390 g/mol. The minimum atomic E-state index is -3.62. The van der Waals surface area contributed by atoms with Gasteiger partial charge in [-0.15, -0.1) is 0 Å². The van der Waals surface area contributed by atoms with Gasteiger partial charge in [0.15, 0.2) is 0 Å². The third-order valence-electron chi connectivity index (χ3n) is 4.15. The minimum Gasteiger partial charge on any atom is -0.494 e. The van der Waals surface area contributed by atoms with E-state index < -0.39 is 16.1 Å². The van der Waals surface area contributed by atoms with Gasteiger partial charge >= 0.3 is 0 Å². The molecule has 2 atom stereocenters. The standard InChI is InChI=1S/C20H26N2O4S/c1-5-26-19-13-11-17(12-14-19)15(2)21-20(23)16(3)22(27(4,24)25)18-9-7-6-8-10-18/h6-16H,5H2,1-4H3,(H,21,23)/t15-,16-/m0/s1. The number of hydrogen-bond donors (Lipinski definition) is 1. The Hall–Kier alpha value is -2.54. The number of carbonyl (C=O) groups is 1. The molecule has 1 amide bonds. The molecule has 2 aromatic carbocycles. The molecule has 2 rings (SSSR count). The highest BCUT2D eigenvalue weighted by Crippen LogP contribution is 2.22. The fourth-order valence-electron chi connectivity index (χ4n) is 2.82. The number of ether oxygens (including phenoxy) is 1. The molecule has 0 aliphatic carbocycles. The van der Waals surface area contributed by atoms with Crippen LogP contribution < -0.4 is 14.4 Å². The van der Waals surface area contributed by atoms with E-state index in [4.69, 9.17) is 4.74 Å². The predicted octanol–water partition coefficient (Wildman–Crippen LogP) is 3.12. The van der Waals surface area contributed by atoms with Gasteiger partial charge < -0.3 is 10.1 Å². The van der Waals surface area contributed by atoms with E-state index in [0.29, 0.717) is 12.3 Å². The molecule has 0 aliphatic heterocycles. The molecule has 0 aliphatic rings. The Kier molecular flexibility index (Phi) is 6.85. The lowest BCUT2D eigenvalue weighted by molar-refractivity contribution is -0.122. The van der Waals surface area contributed by atoms with E-state index in [9.17, 15) is 13.2 Å². The van der Waals surface area contributed by atoms with E-state index >= 15 is 0 Å². The summed E-state index contributed by atoms with van der Waals surface area (Å²) in [6.45, 7) is 5.93. The van der Waals surface area contributed by atoms with Gasteiger partial charge in [-0.25, -0.2) is 8.42 Å². The summed E-state index contributed by atoms with van der Waals surface area (Å²) in [5, 5.41) is 2.88. The van der Waals surface area contributed by atoms with Crippen molar-refractivity contribution in [3.05, 3.63) is 60.2 Å². The molecule has 0 radical (unpaired) electrons. The molecule has 0 bridgehead atoms. The zero-order valence-corrected chi connectivity index (χ0v) is 16.9. The molecular weight excluding hydrogens is 364 g/mol. The van der Waals surface area contributed by atoms with Crippen LogP contribution in [0.2, 0.25) is 0 Å². The summed E-state index contributed by atoms with van der Waals surface area (Å²) in [4.78, 5) is 12.7. The number of hydrogen-bond acceptors (Lipinski definition) is 4. The Bertz CT molecular complexity index is 851. The van der Waals surface area contributed by atoms with Crippen molar-refractivity contribution in [1.82, 2.24) is 5.32 Å². The first kappa shape index (κ1) is 20.8. The van der Waals surface area contributed by atoms with Gasteiger partial charge in [0.1, 0.15) is 11.8 Å². The lowest BCUT2D eigenvalue weighted by atomic mass is 10.1. The van der Waals surface area contributed by atoms with Crippen LogP contribution in [0.3, 0.4) is 0 Å². The summed E-state index contributed by atoms with van der Waals surface area (Å²) in [7, 11) is -3.62. The van der Waals surface area contributed by atoms with E-state index in [0.717, 1.165) is 21.9 Å². The van der Waals surface area contributed by atoms with E-state index in [1.165, 1.54) is 0 Å². The molecule has 0 fully saturated rings. The van der Waals surface area contributed by atoms with Crippen LogP contribution in [-0.2, 0) is 14.8 Å². The quantitative estimate of drug-likeness (QED) is 0.751. The van der Waals surface area contributed by atoms with Crippen LogP contribution in [0.5, 0.6) is 5.75 Å². The SMILES string of the molecule is CCOc1ccc([C@H](C)NC(=O)[C@H](C)N(c2ccccc2)S(C)(=O)=O)cc1. The van der Waals surface area contributed by atoms with Crippen LogP contribution in [0, 0.1) is 0 Å². The van der Waals surface area contributed by atoms with Crippen LogP contribution in [0.1, 0.15) is 32.4 Å². The van der Waals surface area contributed by atoms with Crippen molar-refractivity contribution in [3.63, 3.8) is 0 Å². The summed E-state index contributed by atoms with van der Waals surface area (Å²) in [6.07, 6.45) is 1.10. The maximum Gasteiger partial charge on any atom is 0.244 e. The maximum atomic E-state index is 12.7. The van der Waals surface area contributed by atoms with E-state index in [-0.39, 0.29) is 11.9 Å². The number of carbonyl (C=O) groups excluding carboxylic acids is 1. The molecule has 0 saturated carbocycles. The minimum absolute atomic E-state index is 0.271. The molecule has 0 saturated heterocycles. The second-order valence-corrected chi connectivity index (χ2v) is 8.16. The Morgan fingerprint density at radius 3 is 2.19 bits per heavy atom. The normalized spacial score (nSPS) is 13.5. The zero-order chi connectivity index (χ0) is 20.0. The highest BCUT2D eigenvalue weighted by Gasteiger charge is 2.29. The third kappa shape index (κ3) is 5.47. The summed E-state index contributed by atoms with van der Waals surface area (Å²) in [5.74, 6) is 0.395. The molecule has 27 heavy (non-hydrogen) atoms. The molecule has 7 heteroatoms. The zero-order valence-electron chi connectivity index (χ0n) is 16.0. The first-order valence-electron chi connectivity index (χ1n) is 8.81. The van der Waals surface area contributed by atoms with Crippen molar-refractivity contribution in [3.8, 4) is 5.75 Å². The summed E-state index contributed by atoms with van der Waals surface area (Å²) in [6, 6.07) is 14.9. The molecule has 0 unspecified atom stereocenters. The van der Waals surface area contributed by atoms with Gasteiger partial charge in [0.2, 0.25) is 15.9 Å². The Morgan fingerprint density at radius 2 is 1.67 bits per heavy atom. The lowest BCUT2D eigenvalue weighted by Crippen LogP contribution is -2.48. The van der Waals surface area contributed by atoms with Crippen molar-refractivity contribution in [1.29, 1.82) is 0 Å². The fourth-order valence-corrected chi connectivity index (χ4v) is 4.00. The van der Waals surface area contributed by atoms with Gasteiger partial charge in [-0.3, -0.25) is 9.10 Å². The highest BCUT2D eigenvalue weighted by molar-refractivity contribution is 7.92. The topological polar surface area (TPSA) is 75.7 Å².